The molecule has 1 aromatic rings. The number of aromatic nitrogens is 3. The van der Waals surface area contributed by atoms with E-state index in [1.54, 1.807) is 7.05 Å². The summed E-state index contributed by atoms with van der Waals surface area (Å²) in [6, 6.07) is 0. The zero-order valence-electron chi connectivity index (χ0n) is 11.7. The van der Waals surface area contributed by atoms with Gasteiger partial charge in [-0.1, -0.05) is 12.1 Å². The quantitative estimate of drug-likeness (QED) is 0.715. The molecule has 9 heteroatoms. The molecule has 1 rings (SSSR count). The van der Waals surface area contributed by atoms with Crippen LogP contribution in [0.15, 0.2) is 9.63 Å². The first kappa shape index (κ1) is 16.5. The third-order valence-corrected chi connectivity index (χ3v) is 5.55. The van der Waals surface area contributed by atoms with E-state index in [1.165, 1.54) is 8.99 Å². The first-order valence-corrected chi connectivity index (χ1v) is 8.24. The van der Waals surface area contributed by atoms with Crippen molar-refractivity contribution in [2.24, 2.45) is 7.05 Å². The number of hydrogen-bond acceptors (Lipinski definition) is 5. The van der Waals surface area contributed by atoms with Gasteiger partial charge in [0.1, 0.15) is 0 Å². The fourth-order valence-electron chi connectivity index (χ4n) is 1.73. The van der Waals surface area contributed by atoms with Crippen LogP contribution in [0, 0.1) is 0 Å². The van der Waals surface area contributed by atoms with Gasteiger partial charge in [-0.15, -0.1) is 5.10 Å². The Kier molecular flexibility index (Phi) is 5.90. The lowest BCUT2D eigenvalue weighted by atomic mass is 10.4. The molecule has 0 fully saturated rings. The summed E-state index contributed by atoms with van der Waals surface area (Å²) in [6.07, 6.45) is 0.781. The van der Waals surface area contributed by atoms with Gasteiger partial charge in [-0.3, -0.25) is 0 Å². The smallest absolute Gasteiger partial charge is 0.263 e. The van der Waals surface area contributed by atoms with E-state index in [4.69, 9.17) is 0 Å². The minimum absolute atomic E-state index is 0.0965. The fraction of sp³-hybridized carbons (Fsp3) is 0.800. The van der Waals surface area contributed by atoms with Crippen LogP contribution in [0.3, 0.4) is 0 Å². The van der Waals surface area contributed by atoms with Gasteiger partial charge in [-0.25, -0.2) is 13.1 Å². The second-order valence-electron chi connectivity index (χ2n) is 4.46. The van der Waals surface area contributed by atoms with Crippen molar-refractivity contribution < 1.29 is 8.42 Å². The maximum Gasteiger partial charge on any atom is 0.263 e. The van der Waals surface area contributed by atoms with Gasteiger partial charge in [0, 0.05) is 20.1 Å². The molecule has 0 aliphatic heterocycles. The largest absolute Gasteiger partial charge is 0.309 e. The molecular weight excluding hydrogens is 334 g/mol. The molecule has 0 saturated carbocycles. The maximum absolute atomic E-state index is 12.5. The second kappa shape index (κ2) is 6.78. The van der Waals surface area contributed by atoms with E-state index < -0.39 is 10.0 Å². The van der Waals surface area contributed by atoms with Crippen molar-refractivity contribution in [2.45, 2.75) is 18.4 Å². The van der Waals surface area contributed by atoms with Crippen LogP contribution in [-0.4, -0.2) is 66.3 Å². The van der Waals surface area contributed by atoms with Crippen molar-refractivity contribution in [2.75, 3.05) is 33.7 Å². The Morgan fingerprint density at radius 3 is 2.37 bits per heavy atom. The zero-order valence-corrected chi connectivity index (χ0v) is 14.1. The molecule has 0 aromatic carbocycles. The maximum atomic E-state index is 12.5. The van der Waals surface area contributed by atoms with E-state index in [0.717, 1.165) is 13.0 Å². The van der Waals surface area contributed by atoms with E-state index in [-0.39, 0.29) is 9.63 Å². The number of sulfonamides is 1. The fourth-order valence-corrected chi connectivity index (χ4v) is 4.25. The van der Waals surface area contributed by atoms with Gasteiger partial charge in [-0.05, 0) is 43.0 Å². The van der Waals surface area contributed by atoms with E-state index in [1.807, 2.05) is 25.9 Å². The summed E-state index contributed by atoms with van der Waals surface area (Å²) in [7, 11) is 1.94. The Morgan fingerprint density at radius 1 is 1.32 bits per heavy atom. The molecular formula is C10H20BrN5O2S. The molecule has 0 aliphatic rings. The van der Waals surface area contributed by atoms with Crippen LogP contribution in [0.5, 0.6) is 0 Å². The Labute approximate surface area is 122 Å². The molecule has 1 heterocycles. The zero-order chi connectivity index (χ0) is 14.6. The van der Waals surface area contributed by atoms with Gasteiger partial charge >= 0.3 is 0 Å². The molecule has 19 heavy (non-hydrogen) atoms. The molecule has 0 atom stereocenters. The number of nitrogens with zero attached hydrogens (tertiary/aromatic N) is 5. The van der Waals surface area contributed by atoms with Crippen molar-refractivity contribution in [3.05, 3.63) is 4.60 Å². The number of rotatable bonds is 7. The summed E-state index contributed by atoms with van der Waals surface area (Å²) in [4.78, 5) is 2.03. The molecule has 1 aromatic heterocycles. The Bertz CT molecular complexity index is 494. The predicted octanol–water partition coefficient (Wildman–Crippen LogP) is 0.540. The first-order valence-electron chi connectivity index (χ1n) is 6.00. The van der Waals surface area contributed by atoms with E-state index in [0.29, 0.717) is 13.1 Å². The van der Waals surface area contributed by atoms with Gasteiger partial charge in [0.15, 0.2) is 4.60 Å². The summed E-state index contributed by atoms with van der Waals surface area (Å²) in [5, 5.41) is 7.53. The molecule has 0 aliphatic carbocycles. The average molecular weight is 354 g/mol. The van der Waals surface area contributed by atoms with Crippen LogP contribution in [0.2, 0.25) is 0 Å². The highest BCUT2D eigenvalue weighted by Crippen LogP contribution is 2.22. The van der Waals surface area contributed by atoms with Gasteiger partial charge in [-0.2, -0.15) is 4.31 Å². The lowest BCUT2D eigenvalue weighted by molar-refractivity contribution is 0.354. The van der Waals surface area contributed by atoms with Gasteiger partial charge < -0.3 is 4.90 Å². The van der Waals surface area contributed by atoms with Crippen LogP contribution >= 0.6 is 15.9 Å². The highest BCUT2D eigenvalue weighted by atomic mass is 79.9. The Hall–Kier alpha value is -0.510. The summed E-state index contributed by atoms with van der Waals surface area (Å²) < 4.78 is 28.0. The van der Waals surface area contributed by atoms with Crippen molar-refractivity contribution in [3.8, 4) is 0 Å². The average Bonchev–Trinajstić information content (AvgIpc) is 2.64. The van der Waals surface area contributed by atoms with Crippen molar-refractivity contribution >= 4 is 26.0 Å². The monoisotopic (exact) mass is 353 g/mol. The molecule has 0 radical (unpaired) electrons. The van der Waals surface area contributed by atoms with Gasteiger partial charge in [0.05, 0.1) is 0 Å². The van der Waals surface area contributed by atoms with E-state index in [9.17, 15) is 8.42 Å². The molecule has 0 N–H and O–H groups in total. The normalized spacial score (nSPS) is 12.6. The van der Waals surface area contributed by atoms with Gasteiger partial charge in [0.2, 0.25) is 5.03 Å². The first-order chi connectivity index (χ1) is 8.80. The number of aryl methyl sites for hydroxylation is 1. The number of halogens is 1. The van der Waals surface area contributed by atoms with Crippen LogP contribution < -0.4 is 0 Å². The van der Waals surface area contributed by atoms with E-state index >= 15 is 0 Å². The minimum atomic E-state index is -3.56. The second-order valence-corrected chi connectivity index (χ2v) is 7.07. The van der Waals surface area contributed by atoms with Crippen LogP contribution in [0.1, 0.15) is 13.3 Å². The lowest BCUT2D eigenvalue weighted by Gasteiger charge is -2.21. The van der Waals surface area contributed by atoms with Crippen molar-refractivity contribution in [1.82, 2.24) is 24.2 Å². The third-order valence-electron chi connectivity index (χ3n) is 2.69. The van der Waals surface area contributed by atoms with Crippen LogP contribution in [0.4, 0.5) is 0 Å². The summed E-state index contributed by atoms with van der Waals surface area (Å²) in [5.41, 5.74) is 0. The summed E-state index contributed by atoms with van der Waals surface area (Å²) in [5.74, 6) is 0. The molecule has 7 nitrogen and oxygen atoms in total. The third kappa shape index (κ3) is 3.98. The lowest BCUT2D eigenvalue weighted by Crippen LogP contribution is -2.34. The summed E-state index contributed by atoms with van der Waals surface area (Å²) in [6.45, 7) is 3.57. The SMILES string of the molecule is CCN(CCCN(C)C)S(=O)(=O)c1c(Br)nnn1C. The molecule has 0 unspecified atom stereocenters. The van der Waals surface area contributed by atoms with Crippen LogP contribution in [0.25, 0.3) is 0 Å². The predicted molar refractivity (Wildman–Crippen MR) is 76.3 cm³/mol. The van der Waals surface area contributed by atoms with Crippen molar-refractivity contribution in [1.29, 1.82) is 0 Å². The molecule has 0 saturated heterocycles. The summed E-state index contributed by atoms with van der Waals surface area (Å²) >= 11 is 3.13. The standard InChI is InChI=1S/C10H20BrN5O2S/c1-5-16(8-6-7-14(2)3)19(17,18)10-9(11)12-13-15(10)4/h5-8H2,1-4H3. The highest BCUT2D eigenvalue weighted by Gasteiger charge is 2.29. The minimum Gasteiger partial charge on any atom is -0.309 e. The molecule has 0 amide bonds. The molecule has 0 spiro atoms. The molecule has 0 bridgehead atoms. The number of hydrogen-bond donors (Lipinski definition) is 0. The van der Waals surface area contributed by atoms with Crippen LogP contribution in [-0.2, 0) is 17.1 Å². The van der Waals surface area contributed by atoms with Gasteiger partial charge in [0.25, 0.3) is 10.0 Å². The topological polar surface area (TPSA) is 71.3 Å². The molecule has 110 valence electrons. The Balaban J connectivity index is 2.91. The van der Waals surface area contributed by atoms with Crippen molar-refractivity contribution in [3.63, 3.8) is 0 Å². The highest BCUT2D eigenvalue weighted by molar-refractivity contribution is 9.10. The van der Waals surface area contributed by atoms with E-state index in [2.05, 4.69) is 26.2 Å². The Morgan fingerprint density at radius 2 is 1.95 bits per heavy atom.